The molecule has 2 aliphatic rings. The van der Waals surface area contributed by atoms with Gasteiger partial charge in [0.2, 0.25) is 5.88 Å². The van der Waals surface area contributed by atoms with E-state index in [-0.39, 0.29) is 36.2 Å². The molecule has 13 nitrogen and oxygen atoms in total. The molecule has 0 atom stereocenters. The van der Waals surface area contributed by atoms with Crippen LogP contribution in [0.4, 0.5) is 24.7 Å². The minimum atomic E-state index is -4.68. The van der Waals surface area contributed by atoms with E-state index < -0.39 is 17.8 Å². The highest BCUT2D eigenvalue weighted by molar-refractivity contribution is 5.91. The Bertz CT molecular complexity index is 1810. The molecular formula is C35H43F3N8O5. The average molecular weight is 713 g/mol. The normalized spacial score (nSPS) is 16.5. The first-order chi connectivity index (χ1) is 24.5. The summed E-state index contributed by atoms with van der Waals surface area (Å²) < 4.78 is 63.1. The average Bonchev–Trinajstić information content (AvgIpc) is 3.77. The number of hydrogen-bond donors (Lipinski definition) is 1. The summed E-state index contributed by atoms with van der Waals surface area (Å²) in [7, 11) is 5.00. The smallest absolute Gasteiger partial charge is 0.433 e. The molecular weight excluding hydrogens is 669 g/mol. The van der Waals surface area contributed by atoms with Crippen LogP contribution in [0.1, 0.15) is 51.1 Å². The molecule has 0 spiro atoms. The van der Waals surface area contributed by atoms with E-state index in [9.17, 15) is 18.0 Å². The maximum atomic E-state index is 13.9. The van der Waals surface area contributed by atoms with Crippen LogP contribution in [0.2, 0.25) is 0 Å². The molecule has 2 fully saturated rings. The lowest BCUT2D eigenvalue weighted by Crippen LogP contribution is -2.38. The number of fused-ring (bicyclic) bond motifs is 1. The van der Waals surface area contributed by atoms with Crippen LogP contribution in [0.5, 0.6) is 5.88 Å². The van der Waals surface area contributed by atoms with Gasteiger partial charge in [-0.05, 0) is 44.7 Å². The highest BCUT2D eigenvalue weighted by atomic mass is 19.4. The lowest BCUT2D eigenvalue weighted by molar-refractivity contribution is -0.148. The van der Waals surface area contributed by atoms with Crippen LogP contribution < -0.4 is 14.5 Å². The summed E-state index contributed by atoms with van der Waals surface area (Å²) in [4.78, 5) is 41.5. The molecule has 4 aromatic heterocycles. The molecule has 0 amide bonds. The third-order valence-electron chi connectivity index (χ3n) is 9.53. The van der Waals surface area contributed by atoms with Crippen LogP contribution in [0.25, 0.3) is 33.9 Å². The number of esters is 1. The summed E-state index contributed by atoms with van der Waals surface area (Å²) in [5.41, 5.74) is 1.52. The Morgan fingerprint density at radius 3 is 2.45 bits per heavy atom. The Balaban J connectivity index is 1.32. The number of H-pyrrole nitrogens is 1. The number of ether oxygens (including phenoxy) is 4. The minimum Gasteiger partial charge on any atom is -0.478 e. The second-order valence-electron chi connectivity index (χ2n) is 13.2. The summed E-state index contributed by atoms with van der Waals surface area (Å²) in [6.45, 7) is 4.42. The van der Waals surface area contributed by atoms with Crippen molar-refractivity contribution in [3.8, 4) is 28.7 Å². The van der Waals surface area contributed by atoms with Crippen LogP contribution in [0.3, 0.4) is 0 Å². The van der Waals surface area contributed by atoms with Crippen molar-refractivity contribution in [3.05, 3.63) is 36.3 Å². The first-order valence-corrected chi connectivity index (χ1v) is 17.1. The third-order valence-corrected chi connectivity index (χ3v) is 9.53. The summed E-state index contributed by atoms with van der Waals surface area (Å²) in [6.07, 6.45) is 4.30. The largest absolute Gasteiger partial charge is 0.478 e. The van der Waals surface area contributed by atoms with Gasteiger partial charge in [0, 0.05) is 50.8 Å². The van der Waals surface area contributed by atoms with Crippen molar-refractivity contribution in [1.82, 2.24) is 29.9 Å². The van der Waals surface area contributed by atoms with Crippen molar-refractivity contribution >= 4 is 28.6 Å². The number of imidazole rings is 1. The van der Waals surface area contributed by atoms with Gasteiger partial charge in [0.1, 0.15) is 29.3 Å². The van der Waals surface area contributed by atoms with E-state index in [2.05, 4.69) is 34.5 Å². The molecule has 0 bridgehead atoms. The molecule has 1 N–H and O–H groups in total. The fraction of sp³-hybridized carbons (Fsp3) is 0.543. The number of carbonyl (C=O) groups is 1. The van der Waals surface area contributed by atoms with Gasteiger partial charge in [0.25, 0.3) is 0 Å². The molecule has 0 radical (unpaired) electrons. The third kappa shape index (κ3) is 8.33. The molecule has 51 heavy (non-hydrogen) atoms. The first kappa shape index (κ1) is 36.2. The number of rotatable bonds is 13. The zero-order chi connectivity index (χ0) is 36.2. The van der Waals surface area contributed by atoms with E-state index in [0.29, 0.717) is 60.4 Å². The zero-order valence-electron chi connectivity index (χ0n) is 29.3. The van der Waals surface area contributed by atoms with Crippen molar-refractivity contribution < 1.29 is 36.9 Å². The Morgan fingerprint density at radius 2 is 1.80 bits per heavy atom. The van der Waals surface area contributed by atoms with Crippen LogP contribution in [-0.2, 0) is 25.2 Å². The molecule has 1 aliphatic carbocycles. The summed E-state index contributed by atoms with van der Waals surface area (Å²) in [6, 6.07) is 4.22. The quantitative estimate of drug-likeness (QED) is 0.170. The number of anilines is 2. The summed E-state index contributed by atoms with van der Waals surface area (Å²) in [5, 5.41) is 0. The topological polar surface area (TPSA) is 141 Å². The number of piperidine rings is 1. The number of methoxy groups -OCH3 is 2. The standard InChI is InChI=1S/C35H43F3N8O5/c1-5-50-29-15-22(14-27(42-29)35(36,37)38)24-16-26(45(2)20-34(21-48-3)10-6-7-11-34)31-33(41-24)44-32(43-31)25-17-40-28(18-39-25)46-12-8-23(9-13-46)51-19-30(47)49-4/h14-18,23H,5-13,19-21H2,1-4H3,(H,41,43,44). The van der Waals surface area contributed by atoms with Crippen LogP contribution in [0, 0.1) is 5.41 Å². The summed E-state index contributed by atoms with van der Waals surface area (Å²) >= 11 is 0. The monoisotopic (exact) mass is 712 g/mol. The molecule has 1 saturated heterocycles. The first-order valence-electron chi connectivity index (χ1n) is 17.1. The second kappa shape index (κ2) is 15.4. The van der Waals surface area contributed by atoms with Crippen molar-refractivity contribution in [3.63, 3.8) is 0 Å². The van der Waals surface area contributed by atoms with Gasteiger partial charge < -0.3 is 33.7 Å². The van der Waals surface area contributed by atoms with Crippen molar-refractivity contribution in [2.75, 3.05) is 70.5 Å². The van der Waals surface area contributed by atoms with Crippen LogP contribution in [0.15, 0.2) is 30.6 Å². The number of hydrogen-bond acceptors (Lipinski definition) is 12. The van der Waals surface area contributed by atoms with E-state index in [1.54, 1.807) is 32.5 Å². The molecule has 0 unspecified atom stereocenters. The van der Waals surface area contributed by atoms with Gasteiger partial charge in [-0.25, -0.2) is 29.7 Å². The molecule has 6 rings (SSSR count). The van der Waals surface area contributed by atoms with Gasteiger partial charge in [-0.15, -0.1) is 0 Å². The highest BCUT2D eigenvalue weighted by Gasteiger charge is 2.36. The molecule has 1 aliphatic heterocycles. The molecule has 5 heterocycles. The van der Waals surface area contributed by atoms with Crippen LogP contribution in [-0.4, -0.2) is 103 Å². The second-order valence-corrected chi connectivity index (χ2v) is 13.2. The van der Waals surface area contributed by atoms with Crippen LogP contribution >= 0.6 is 0 Å². The number of aromatic amines is 1. The molecule has 0 aromatic carbocycles. The van der Waals surface area contributed by atoms with Crippen molar-refractivity contribution in [1.29, 1.82) is 0 Å². The van der Waals surface area contributed by atoms with Gasteiger partial charge in [-0.2, -0.15) is 13.2 Å². The number of halogens is 3. The SMILES string of the molecule is CCOc1cc(-c2cc(N(C)CC3(COC)CCCC3)c3[nH]c(-c4cnc(N5CCC(OCC(=O)OC)CC5)cn4)nc3n2)cc(C(F)(F)F)n1. The van der Waals surface area contributed by atoms with Crippen molar-refractivity contribution in [2.45, 2.75) is 57.7 Å². The van der Waals surface area contributed by atoms with Crippen molar-refractivity contribution in [2.24, 2.45) is 5.41 Å². The Kier molecular flexibility index (Phi) is 10.9. The lowest BCUT2D eigenvalue weighted by Gasteiger charge is -2.34. The van der Waals surface area contributed by atoms with Gasteiger partial charge in [-0.3, -0.25) is 0 Å². The molecule has 16 heteroatoms. The zero-order valence-corrected chi connectivity index (χ0v) is 29.3. The van der Waals surface area contributed by atoms with E-state index in [1.807, 2.05) is 7.05 Å². The molecule has 4 aromatic rings. The predicted octanol–water partition coefficient (Wildman–Crippen LogP) is 5.70. The summed E-state index contributed by atoms with van der Waals surface area (Å²) in [5.74, 6) is 0.583. The number of nitrogens with one attached hydrogen (secondary N) is 1. The van der Waals surface area contributed by atoms with E-state index >= 15 is 0 Å². The van der Waals surface area contributed by atoms with Gasteiger partial charge in [0.15, 0.2) is 11.5 Å². The molecule has 274 valence electrons. The van der Waals surface area contributed by atoms with E-state index in [4.69, 9.17) is 24.2 Å². The van der Waals surface area contributed by atoms with E-state index in [0.717, 1.165) is 50.3 Å². The number of nitrogens with zero attached hydrogens (tertiary/aromatic N) is 7. The molecule has 1 saturated carbocycles. The van der Waals surface area contributed by atoms with E-state index in [1.165, 1.54) is 13.2 Å². The van der Waals surface area contributed by atoms with Gasteiger partial charge in [-0.1, -0.05) is 12.8 Å². The number of carbonyl (C=O) groups excluding carboxylic acids is 1. The predicted molar refractivity (Wildman–Crippen MR) is 184 cm³/mol. The maximum absolute atomic E-state index is 13.9. The number of pyridine rings is 2. The van der Waals surface area contributed by atoms with Gasteiger partial charge >= 0.3 is 12.1 Å². The minimum absolute atomic E-state index is 0.0381. The highest BCUT2D eigenvalue weighted by Crippen LogP contribution is 2.41. The Labute approximate surface area is 293 Å². The number of alkyl halides is 3. The lowest BCUT2D eigenvalue weighted by atomic mass is 9.86. The fourth-order valence-corrected chi connectivity index (χ4v) is 7.03. The number of aromatic nitrogens is 6. The fourth-order valence-electron chi connectivity index (χ4n) is 7.03. The Morgan fingerprint density at radius 1 is 1.04 bits per heavy atom. The Hall–Kier alpha value is -4.57. The maximum Gasteiger partial charge on any atom is 0.433 e. The van der Waals surface area contributed by atoms with Gasteiger partial charge in [0.05, 0.1) is 50.2 Å².